The van der Waals surface area contributed by atoms with E-state index in [-0.39, 0.29) is 0 Å². The van der Waals surface area contributed by atoms with Crippen molar-refractivity contribution in [3.05, 3.63) is 0 Å². The third-order valence-corrected chi connectivity index (χ3v) is 5.53. The Balaban J connectivity index is 1.91. The SMILES string of the molecule is CCC(CSC)N(C)C(=O)C1CC12CCNCC2. The molecule has 0 bridgehead atoms. The summed E-state index contributed by atoms with van der Waals surface area (Å²) in [6.45, 7) is 4.36. The smallest absolute Gasteiger partial charge is 0.226 e. The van der Waals surface area contributed by atoms with E-state index in [4.69, 9.17) is 0 Å². The molecule has 1 heterocycles. The van der Waals surface area contributed by atoms with Gasteiger partial charge in [-0.05, 0) is 50.4 Å². The van der Waals surface area contributed by atoms with Gasteiger partial charge in [-0.25, -0.2) is 0 Å². The highest BCUT2D eigenvalue weighted by molar-refractivity contribution is 7.98. The van der Waals surface area contributed by atoms with Crippen LogP contribution in [0.2, 0.25) is 0 Å². The number of nitrogens with one attached hydrogen (secondary N) is 1. The highest BCUT2D eigenvalue weighted by Gasteiger charge is 2.58. The van der Waals surface area contributed by atoms with Gasteiger partial charge in [0.1, 0.15) is 0 Å². The van der Waals surface area contributed by atoms with Gasteiger partial charge < -0.3 is 10.2 Å². The second kappa shape index (κ2) is 5.83. The van der Waals surface area contributed by atoms with Crippen LogP contribution in [0.1, 0.15) is 32.6 Å². The molecule has 3 nitrogen and oxygen atoms in total. The number of nitrogens with zero attached hydrogens (tertiary/aromatic N) is 1. The standard InChI is InChI=1S/C14H26N2OS/c1-4-11(10-18-3)16(2)13(17)12-9-14(12)5-7-15-8-6-14/h11-12,15H,4-10H2,1-3H3. The molecule has 104 valence electrons. The quantitative estimate of drug-likeness (QED) is 0.829. The van der Waals surface area contributed by atoms with Crippen molar-refractivity contribution in [3.63, 3.8) is 0 Å². The van der Waals surface area contributed by atoms with E-state index >= 15 is 0 Å². The van der Waals surface area contributed by atoms with Crippen LogP contribution in [0, 0.1) is 11.3 Å². The van der Waals surface area contributed by atoms with Gasteiger partial charge in [-0.2, -0.15) is 11.8 Å². The maximum atomic E-state index is 12.6. The lowest BCUT2D eigenvalue weighted by Crippen LogP contribution is -2.41. The summed E-state index contributed by atoms with van der Waals surface area (Å²) in [6.07, 6.45) is 6.69. The van der Waals surface area contributed by atoms with Crippen LogP contribution in [0.5, 0.6) is 0 Å². The average molecular weight is 270 g/mol. The van der Waals surface area contributed by atoms with Crippen molar-refractivity contribution in [3.8, 4) is 0 Å². The van der Waals surface area contributed by atoms with Gasteiger partial charge in [-0.1, -0.05) is 6.92 Å². The summed E-state index contributed by atoms with van der Waals surface area (Å²) in [5.41, 5.74) is 0.369. The van der Waals surface area contributed by atoms with Gasteiger partial charge in [-0.15, -0.1) is 0 Å². The summed E-state index contributed by atoms with van der Waals surface area (Å²) in [4.78, 5) is 14.6. The van der Waals surface area contributed by atoms with E-state index in [1.165, 1.54) is 12.8 Å². The fraction of sp³-hybridized carbons (Fsp3) is 0.929. The van der Waals surface area contributed by atoms with Gasteiger partial charge in [0.2, 0.25) is 5.91 Å². The van der Waals surface area contributed by atoms with Gasteiger partial charge in [-0.3, -0.25) is 4.79 Å². The molecule has 1 aliphatic heterocycles. The van der Waals surface area contributed by atoms with Crippen molar-refractivity contribution in [1.82, 2.24) is 10.2 Å². The Hall–Kier alpha value is -0.220. The molecule has 2 atom stereocenters. The Labute approximate surface area is 115 Å². The van der Waals surface area contributed by atoms with Gasteiger partial charge in [0, 0.05) is 24.8 Å². The Bertz CT molecular complexity index is 298. The van der Waals surface area contributed by atoms with Crippen LogP contribution in [0.25, 0.3) is 0 Å². The Kier molecular flexibility index (Phi) is 4.59. The molecule has 18 heavy (non-hydrogen) atoms. The summed E-state index contributed by atoms with van der Waals surface area (Å²) < 4.78 is 0. The number of hydrogen-bond donors (Lipinski definition) is 1. The Morgan fingerprint density at radius 2 is 2.17 bits per heavy atom. The molecule has 0 radical (unpaired) electrons. The first kappa shape index (κ1) is 14.2. The molecular formula is C14H26N2OS. The molecule has 0 aromatic carbocycles. The third kappa shape index (κ3) is 2.69. The van der Waals surface area contributed by atoms with Crippen molar-refractivity contribution < 1.29 is 4.79 Å². The zero-order valence-electron chi connectivity index (χ0n) is 11.9. The first-order chi connectivity index (χ1) is 8.64. The number of thioether (sulfide) groups is 1. The lowest BCUT2D eigenvalue weighted by atomic mass is 9.91. The molecule has 0 aromatic heterocycles. The molecule has 1 N–H and O–H groups in total. The van der Waals surface area contributed by atoms with Gasteiger partial charge in [0.15, 0.2) is 0 Å². The van der Waals surface area contributed by atoms with Crippen LogP contribution >= 0.6 is 11.8 Å². The zero-order valence-corrected chi connectivity index (χ0v) is 12.7. The third-order valence-electron chi connectivity index (χ3n) is 4.81. The van der Waals surface area contributed by atoms with Crippen molar-refractivity contribution in [2.24, 2.45) is 11.3 Å². The van der Waals surface area contributed by atoms with E-state index < -0.39 is 0 Å². The summed E-state index contributed by atoms with van der Waals surface area (Å²) in [6, 6.07) is 0.409. The number of carbonyl (C=O) groups excluding carboxylic acids is 1. The van der Waals surface area contributed by atoms with E-state index in [0.29, 0.717) is 23.3 Å². The van der Waals surface area contributed by atoms with Gasteiger partial charge >= 0.3 is 0 Å². The van der Waals surface area contributed by atoms with Crippen molar-refractivity contribution >= 4 is 17.7 Å². The summed E-state index contributed by atoms with van der Waals surface area (Å²) in [5, 5.41) is 3.40. The fourth-order valence-corrected chi connectivity index (χ4v) is 4.14. The molecular weight excluding hydrogens is 244 g/mol. The molecule has 2 rings (SSSR count). The highest BCUT2D eigenvalue weighted by Crippen LogP contribution is 2.59. The minimum atomic E-state index is 0.320. The molecule has 2 unspecified atom stereocenters. The Morgan fingerprint density at radius 3 is 2.72 bits per heavy atom. The normalized spacial score (nSPS) is 26.9. The minimum absolute atomic E-state index is 0.320. The summed E-state index contributed by atoms with van der Waals surface area (Å²) >= 11 is 1.84. The van der Waals surface area contributed by atoms with E-state index in [0.717, 1.165) is 31.7 Å². The van der Waals surface area contributed by atoms with Crippen LogP contribution in [0.3, 0.4) is 0 Å². The first-order valence-electron chi connectivity index (χ1n) is 7.11. The summed E-state index contributed by atoms with van der Waals surface area (Å²) in [5.74, 6) is 1.78. The predicted molar refractivity (Wildman–Crippen MR) is 77.9 cm³/mol. The highest BCUT2D eigenvalue weighted by atomic mass is 32.2. The van der Waals surface area contributed by atoms with E-state index in [9.17, 15) is 4.79 Å². The zero-order chi connectivity index (χ0) is 13.2. The molecule has 1 amide bonds. The van der Waals surface area contributed by atoms with Crippen LogP contribution in [-0.4, -0.2) is 49.0 Å². The lowest BCUT2D eigenvalue weighted by molar-refractivity contribution is -0.134. The predicted octanol–water partition coefficient (Wildman–Crippen LogP) is 1.98. The van der Waals surface area contributed by atoms with Gasteiger partial charge in [0.25, 0.3) is 0 Å². The minimum Gasteiger partial charge on any atom is -0.342 e. The largest absolute Gasteiger partial charge is 0.342 e. The Morgan fingerprint density at radius 1 is 1.50 bits per heavy atom. The van der Waals surface area contributed by atoms with Crippen molar-refractivity contribution in [2.75, 3.05) is 32.1 Å². The van der Waals surface area contributed by atoms with Crippen LogP contribution in [0.15, 0.2) is 0 Å². The molecule has 1 saturated carbocycles. The maximum absolute atomic E-state index is 12.6. The number of hydrogen-bond acceptors (Lipinski definition) is 3. The number of piperidine rings is 1. The molecule has 1 spiro atoms. The number of amides is 1. The molecule has 4 heteroatoms. The molecule has 0 aromatic rings. The molecule has 1 aliphatic carbocycles. The van der Waals surface area contributed by atoms with Crippen LogP contribution in [-0.2, 0) is 4.79 Å². The first-order valence-corrected chi connectivity index (χ1v) is 8.50. The average Bonchev–Trinajstić information content (AvgIpc) is 3.08. The molecule has 1 saturated heterocycles. The van der Waals surface area contributed by atoms with Crippen LogP contribution in [0.4, 0.5) is 0 Å². The molecule has 2 aliphatic rings. The number of rotatable bonds is 5. The number of carbonyl (C=O) groups is 1. The van der Waals surface area contributed by atoms with E-state index in [1.807, 2.05) is 23.7 Å². The lowest BCUT2D eigenvalue weighted by Gasteiger charge is -2.29. The van der Waals surface area contributed by atoms with E-state index in [2.05, 4.69) is 18.5 Å². The van der Waals surface area contributed by atoms with Crippen LogP contribution < -0.4 is 5.32 Å². The second-order valence-electron chi connectivity index (χ2n) is 5.84. The van der Waals surface area contributed by atoms with Crippen molar-refractivity contribution in [1.29, 1.82) is 0 Å². The molecule has 2 fully saturated rings. The monoisotopic (exact) mass is 270 g/mol. The van der Waals surface area contributed by atoms with Crippen molar-refractivity contribution in [2.45, 2.75) is 38.6 Å². The van der Waals surface area contributed by atoms with E-state index in [1.54, 1.807) is 0 Å². The second-order valence-corrected chi connectivity index (χ2v) is 6.75. The fourth-order valence-electron chi connectivity index (χ4n) is 3.30. The van der Waals surface area contributed by atoms with Gasteiger partial charge in [0.05, 0.1) is 0 Å². The summed E-state index contributed by atoms with van der Waals surface area (Å²) in [7, 11) is 2.00. The maximum Gasteiger partial charge on any atom is 0.226 e. The topological polar surface area (TPSA) is 32.3 Å².